The molecule has 0 radical (unpaired) electrons. The normalized spacial score (nSPS) is 11.2. The van der Waals surface area contributed by atoms with E-state index in [1.54, 1.807) is 0 Å². The third-order valence-corrected chi connectivity index (χ3v) is 2.09. The molecule has 1 rings (SSSR count). The molecule has 1 aromatic heterocycles. The van der Waals surface area contributed by atoms with Gasteiger partial charge in [0.1, 0.15) is 5.69 Å². The molecule has 0 N–H and O–H groups in total. The SMILES string of the molecule is C#CCn1c(C(F)(F)F)csc1=O. The lowest BCUT2D eigenvalue weighted by molar-refractivity contribution is -0.143. The molecule has 0 amide bonds. The number of hydrogen-bond acceptors (Lipinski definition) is 2. The van der Waals surface area contributed by atoms with Crippen molar-refractivity contribution in [2.45, 2.75) is 12.7 Å². The highest BCUT2D eigenvalue weighted by molar-refractivity contribution is 7.07. The summed E-state index contributed by atoms with van der Waals surface area (Å²) < 4.78 is 37.0. The average molecular weight is 207 g/mol. The van der Waals surface area contributed by atoms with Gasteiger partial charge in [-0.1, -0.05) is 17.3 Å². The largest absolute Gasteiger partial charge is 0.432 e. The van der Waals surface area contributed by atoms with Crippen molar-refractivity contribution < 1.29 is 13.2 Å². The molecule has 1 aromatic rings. The second kappa shape index (κ2) is 3.26. The predicted molar refractivity (Wildman–Crippen MR) is 42.4 cm³/mol. The minimum atomic E-state index is -4.52. The molecule has 0 spiro atoms. The molecule has 70 valence electrons. The Hall–Kier alpha value is -1.22. The summed E-state index contributed by atoms with van der Waals surface area (Å²) in [6.07, 6.45) is 0.310. The first-order valence-corrected chi connectivity index (χ1v) is 4.03. The minimum absolute atomic E-state index is 0.350. The van der Waals surface area contributed by atoms with Crippen LogP contribution in [0.2, 0.25) is 0 Å². The summed E-state index contributed by atoms with van der Waals surface area (Å²) in [6.45, 7) is -0.350. The van der Waals surface area contributed by atoms with Gasteiger partial charge >= 0.3 is 11.0 Å². The second-order valence-corrected chi connectivity index (χ2v) is 3.00. The third kappa shape index (κ3) is 1.92. The fourth-order valence-electron chi connectivity index (χ4n) is 0.793. The number of alkyl halides is 3. The third-order valence-electron chi connectivity index (χ3n) is 1.32. The van der Waals surface area contributed by atoms with Gasteiger partial charge in [-0.15, -0.1) is 6.42 Å². The smallest absolute Gasteiger partial charge is 0.283 e. The predicted octanol–water partition coefficient (Wildman–Crippen LogP) is 1.56. The standard InChI is InChI=1S/C7H4F3NOS/c1-2-3-11-5(7(8,9)10)4-13-6(11)12/h1,4H,3H2. The summed E-state index contributed by atoms with van der Waals surface area (Å²) in [7, 11) is 0. The highest BCUT2D eigenvalue weighted by Gasteiger charge is 2.35. The molecule has 0 atom stereocenters. The Labute approximate surface area is 75.6 Å². The first kappa shape index (κ1) is 9.86. The van der Waals surface area contributed by atoms with E-state index in [0.717, 1.165) is 5.38 Å². The molecule has 0 unspecified atom stereocenters. The Morgan fingerprint density at radius 3 is 2.69 bits per heavy atom. The van der Waals surface area contributed by atoms with Crippen LogP contribution in [0.4, 0.5) is 13.2 Å². The van der Waals surface area contributed by atoms with Gasteiger partial charge in [-0.2, -0.15) is 13.2 Å². The van der Waals surface area contributed by atoms with Crippen molar-refractivity contribution in [3.63, 3.8) is 0 Å². The zero-order chi connectivity index (χ0) is 10.1. The Morgan fingerprint density at radius 2 is 2.23 bits per heavy atom. The van der Waals surface area contributed by atoms with Gasteiger partial charge in [0.25, 0.3) is 0 Å². The van der Waals surface area contributed by atoms with E-state index in [1.807, 2.05) is 5.92 Å². The number of thiazole rings is 1. The van der Waals surface area contributed by atoms with Crippen molar-refractivity contribution in [1.82, 2.24) is 4.57 Å². The highest BCUT2D eigenvalue weighted by atomic mass is 32.1. The van der Waals surface area contributed by atoms with Gasteiger partial charge in [-0.05, 0) is 0 Å². The summed E-state index contributed by atoms with van der Waals surface area (Å²) in [5, 5.41) is 0.764. The van der Waals surface area contributed by atoms with Gasteiger partial charge in [-0.25, -0.2) is 0 Å². The van der Waals surface area contributed by atoms with Gasteiger partial charge in [0.2, 0.25) is 0 Å². The molecule has 0 saturated heterocycles. The summed E-state index contributed by atoms with van der Waals surface area (Å²) in [6, 6.07) is 0. The van der Waals surface area contributed by atoms with Gasteiger partial charge in [-0.3, -0.25) is 9.36 Å². The Kier molecular flexibility index (Phi) is 2.48. The van der Waals surface area contributed by atoms with Gasteiger partial charge < -0.3 is 0 Å². The van der Waals surface area contributed by atoms with Crippen molar-refractivity contribution in [3.05, 3.63) is 20.7 Å². The molecule has 6 heteroatoms. The van der Waals surface area contributed by atoms with E-state index >= 15 is 0 Å². The molecular formula is C7H4F3NOS. The topological polar surface area (TPSA) is 22.0 Å². The maximum absolute atomic E-state index is 12.2. The van der Waals surface area contributed by atoms with Crippen molar-refractivity contribution in [2.24, 2.45) is 0 Å². The molecule has 13 heavy (non-hydrogen) atoms. The maximum Gasteiger partial charge on any atom is 0.432 e. The first-order valence-electron chi connectivity index (χ1n) is 3.16. The lowest BCUT2D eigenvalue weighted by Crippen LogP contribution is -2.20. The lowest BCUT2D eigenvalue weighted by Gasteiger charge is -2.06. The van der Waals surface area contributed by atoms with Crippen LogP contribution in [-0.2, 0) is 12.7 Å². The van der Waals surface area contributed by atoms with Crippen LogP contribution in [0.1, 0.15) is 5.69 Å². The molecule has 0 aliphatic rings. The maximum atomic E-state index is 12.2. The molecule has 0 bridgehead atoms. The number of halogens is 3. The number of terminal acetylenes is 1. The fraction of sp³-hybridized carbons (Fsp3) is 0.286. The van der Waals surface area contributed by atoms with Crippen molar-refractivity contribution in [1.29, 1.82) is 0 Å². The van der Waals surface area contributed by atoms with E-state index in [-0.39, 0.29) is 6.54 Å². The molecule has 0 aliphatic heterocycles. The summed E-state index contributed by atoms with van der Waals surface area (Å²) in [5.74, 6) is 1.99. The van der Waals surface area contributed by atoms with Crippen molar-refractivity contribution >= 4 is 11.3 Å². The van der Waals surface area contributed by atoms with E-state index in [2.05, 4.69) is 0 Å². The monoisotopic (exact) mass is 207 g/mol. The first-order chi connectivity index (χ1) is 5.96. The minimum Gasteiger partial charge on any atom is -0.283 e. The molecule has 0 saturated carbocycles. The van der Waals surface area contributed by atoms with E-state index in [0.29, 0.717) is 15.9 Å². The summed E-state index contributed by atoms with van der Waals surface area (Å²) in [4.78, 5) is 10.2. The van der Waals surface area contributed by atoms with Crippen LogP contribution in [0.25, 0.3) is 0 Å². The molecule has 0 aliphatic carbocycles. The number of hydrogen-bond donors (Lipinski definition) is 0. The quantitative estimate of drug-likeness (QED) is 0.640. The Morgan fingerprint density at radius 1 is 1.62 bits per heavy atom. The van der Waals surface area contributed by atoms with Gasteiger partial charge in [0.15, 0.2) is 0 Å². The number of aromatic nitrogens is 1. The molecule has 0 fully saturated rings. The molecular weight excluding hydrogens is 203 g/mol. The van der Waals surface area contributed by atoms with Crippen LogP contribution in [-0.4, -0.2) is 4.57 Å². The Balaban J connectivity index is 3.25. The number of nitrogens with zero attached hydrogens (tertiary/aromatic N) is 1. The molecule has 1 heterocycles. The van der Waals surface area contributed by atoms with Crippen LogP contribution >= 0.6 is 11.3 Å². The fourth-order valence-corrected chi connectivity index (χ4v) is 1.56. The zero-order valence-corrected chi connectivity index (χ0v) is 7.08. The lowest BCUT2D eigenvalue weighted by atomic mass is 10.4. The van der Waals surface area contributed by atoms with Crippen LogP contribution in [0.5, 0.6) is 0 Å². The second-order valence-electron chi connectivity index (χ2n) is 2.17. The van der Waals surface area contributed by atoms with Crippen LogP contribution in [0.3, 0.4) is 0 Å². The van der Waals surface area contributed by atoms with Crippen LogP contribution in [0.15, 0.2) is 10.2 Å². The highest BCUT2D eigenvalue weighted by Crippen LogP contribution is 2.29. The van der Waals surface area contributed by atoms with Gasteiger partial charge in [0.05, 0.1) is 6.54 Å². The van der Waals surface area contributed by atoms with Crippen LogP contribution in [0, 0.1) is 12.3 Å². The van der Waals surface area contributed by atoms with Crippen molar-refractivity contribution in [3.8, 4) is 12.3 Å². The average Bonchev–Trinajstić information content (AvgIpc) is 2.32. The van der Waals surface area contributed by atoms with E-state index in [1.165, 1.54) is 0 Å². The van der Waals surface area contributed by atoms with E-state index in [4.69, 9.17) is 6.42 Å². The van der Waals surface area contributed by atoms with Crippen LogP contribution < -0.4 is 4.87 Å². The Bertz CT molecular complexity index is 395. The number of rotatable bonds is 1. The zero-order valence-electron chi connectivity index (χ0n) is 6.26. The van der Waals surface area contributed by atoms with E-state index in [9.17, 15) is 18.0 Å². The molecule has 0 aromatic carbocycles. The van der Waals surface area contributed by atoms with Gasteiger partial charge in [0, 0.05) is 5.38 Å². The molecule has 2 nitrogen and oxygen atoms in total. The summed E-state index contributed by atoms with van der Waals surface area (Å²) >= 11 is 0.490. The van der Waals surface area contributed by atoms with E-state index < -0.39 is 16.7 Å². The summed E-state index contributed by atoms with van der Waals surface area (Å²) in [5.41, 5.74) is -0.986. The van der Waals surface area contributed by atoms with Crippen molar-refractivity contribution in [2.75, 3.05) is 0 Å².